The molecule has 0 aliphatic rings. The normalized spacial score (nSPS) is 11.2. The van der Waals surface area contributed by atoms with E-state index in [1.807, 2.05) is 6.92 Å². The summed E-state index contributed by atoms with van der Waals surface area (Å²) in [6.45, 7) is 3.13. The minimum atomic E-state index is -3.50. The lowest BCUT2D eigenvalue weighted by atomic mass is 10.2. The number of benzene rings is 1. The van der Waals surface area contributed by atoms with Crippen LogP contribution in [0.5, 0.6) is 0 Å². The minimum absolute atomic E-state index is 0.0179. The van der Waals surface area contributed by atoms with Gasteiger partial charge in [-0.25, -0.2) is 8.42 Å². The molecule has 0 aromatic heterocycles. The van der Waals surface area contributed by atoms with Crippen molar-refractivity contribution in [2.24, 2.45) is 0 Å². The van der Waals surface area contributed by atoms with Gasteiger partial charge < -0.3 is 9.84 Å². The Morgan fingerprint density at radius 1 is 1.29 bits per heavy atom. The first-order chi connectivity index (χ1) is 10.0. The summed E-state index contributed by atoms with van der Waals surface area (Å²) in [5, 5.41) is 8.65. The van der Waals surface area contributed by atoms with Crippen LogP contribution in [0.25, 0.3) is 0 Å². The Bertz CT molecular complexity index is 584. The van der Waals surface area contributed by atoms with Crippen LogP contribution in [0.3, 0.4) is 0 Å². The van der Waals surface area contributed by atoms with Crippen LogP contribution < -0.4 is 0 Å². The van der Waals surface area contributed by atoms with Gasteiger partial charge in [0.2, 0.25) is 10.0 Å². The molecule has 0 amide bonds. The third-order valence-electron chi connectivity index (χ3n) is 2.79. The molecule has 0 atom stereocenters. The summed E-state index contributed by atoms with van der Waals surface area (Å²) in [6, 6.07) is 6.40. The standard InChI is InChI=1S/C15H21NO4S/c1-3-20-13-11-16(2)21(18,19)15-9-7-14(8-10-15)6-4-5-12-17/h7-10,17H,3,5,11-13H2,1-2H3. The van der Waals surface area contributed by atoms with E-state index in [1.54, 1.807) is 12.1 Å². The molecule has 0 saturated carbocycles. The van der Waals surface area contributed by atoms with Crippen molar-refractivity contribution in [3.05, 3.63) is 29.8 Å². The molecule has 116 valence electrons. The van der Waals surface area contributed by atoms with E-state index in [-0.39, 0.29) is 11.5 Å². The zero-order chi connectivity index (χ0) is 15.7. The molecule has 0 unspecified atom stereocenters. The van der Waals surface area contributed by atoms with E-state index in [1.165, 1.54) is 23.5 Å². The number of rotatable bonds is 7. The maximum atomic E-state index is 12.3. The lowest BCUT2D eigenvalue weighted by Gasteiger charge is -2.17. The average molecular weight is 311 g/mol. The Morgan fingerprint density at radius 3 is 2.52 bits per heavy atom. The predicted molar refractivity (Wildman–Crippen MR) is 81.3 cm³/mol. The second-order valence-corrected chi connectivity index (χ2v) is 6.37. The first-order valence-electron chi connectivity index (χ1n) is 6.76. The van der Waals surface area contributed by atoms with E-state index >= 15 is 0 Å². The molecule has 0 spiro atoms. The Balaban J connectivity index is 2.78. The van der Waals surface area contributed by atoms with Gasteiger partial charge in [0, 0.05) is 32.2 Å². The number of sulfonamides is 1. The molecule has 0 aliphatic heterocycles. The van der Waals surface area contributed by atoms with E-state index in [0.717, 1.165) is 5.56 Å². The summed E-state index contributed by atoms with van der Waals surface area (Å²) in [5.74, 6) is 5.65. The molecular weight excluding hydrogens is 290 g/mol. The number of hydrogen-bond donors (Lipinski definition) is 1. The summed E-state index contributed by atoms with van der Waals surface area (Å²) in [5.41, 5.74) is 0.722. The molecule has 1 rings (SSSR count). The smallest absolute Gasteiger partial charge is 0.242 e. The minimum Gasteiger partial charge on any atom is -0.395 e. The lowest BCUT2D eigenvalue weighted by molar-refractivity contribution is 0.138. The zero-order valence-electron chi connectivity index (χ0n) is 12.4. The monoisotopic (exact) mass is 311 g/mol. The number of nitrogens with zero attached hydrogens (tertiary/aromatic N) is 1. The van der Waals surface area contributed by atoms with Gasteiger partial charge >= 0.3 is 0 Å². The first-order valence-corrected chi connectivity index (χ1v) is 8.20. The fourth-order valence-corrected chi connectivity index (χ4v) is 2.72. The second kappa shape index (κ2) is 8.80. The summed E-state index contributed by atoms with van der Waals surface area (Å²) in [4.78, 5) is 0.231. The number of aliphatic hydroxyl groups is 1. The van der Waals surface area contributed by atoms with Crippen molar-refractivity contribution in [1.82, 2.24) is 4.31 Å². The number of likely N-dealkylation sites (N-methyl/N-ethyl adjacent to an activating group) is 1. The summed E-state index contributed by atoms with van der Waals surface area (Å²) >= 11 is 0. The van der Waals surface area contributed by atoms with Crippen LogP contribution in [-0.4, -0.2) is 51.2 Å². The van der Waals surface area contributed by atoms with Gasteiger partial charge in [-0.3, -0.25) is 0 Å². The average Bonchev–Trinajstić information content (AvgIpc) is 2.48. The molecule has 21 heavy (non-hydrogen) atoms. The maximum absolute atomic E-state index is 12.3. The van der Waals surface area contributed by atoms with Crippen LogP contribution in [0.2, 0.25) is 0 Å². The quantitative estimate of drug-likeness (QED) is 0.604. The number of aliphatic hydroxyl groups excluding tert-OH is 1. The van der Waals surface area contributed by atoms with Crippen LogP contribution in [0.4, 0.5) is 0 Å². The van der Waals surface area contributed by atoms with Crippen LogP contribution in [-0.2, 0) is 14.8 Å². The van der Waals surface area contributed by atoms with Crippen molar-refractivity contribution in [3.8, 4) is 11.8 Å². The SMILES string of the molecule is CCOCCN(C)S(=O)(=O)c1ccc(C#CCCO)cc1. The molecule has 5 nitrogen and oxygen atoms in total. The molecule has 0 heterocycles. The maximum Gasteiger partial charge on any atom is 0.242 e. The van der Waals surface area contributed by atoms with Crippen LogP contribution >= 0.6 is 0 Å². The Morgan fingerprint density at radius 2 is 1.95 bits per heavy atom. The zero-order valence-corrected chi connectivity index (χ0v) is 13.2. The first kappa shape index (κ1) is 17.7. The van der Waals surface area contributed by atoms with Crippen molar-refractivity contribution >= 4 is 10.0 Å². The molecule has 1 N–H and O–H groups in total. The Labute approximate surface area is 126 Å². The van der Waals surface area contributed by atoms with E-state index < -0.39 is 10.0 Å². The fourth-order valence-electron chi connectivity index (χ4n) is 1.57. The van der Waals surface area contributed by atoms with Crippen molar-refractivity contribution in [2.45, 2.75) is 18.2 Å². The van der Waals surface area contributed by atoms with Gasteiger partial charge in [-0.1, -0.05) is 11.8 Å². The van der Waals surface area contributed by atoms with Crippen molar-refractivity contribution in [1.29, 1.82) is 0 Å². The molecule has 1 aromatic rings. The Kier molecular flexibility index (Phi) is 7.40. The highest BCUT2D eigenvalue weighted by molar-refractivity contribution is 7.89. The summed E-state index contributed by atoms with van der Waals surface area (Å²) in [6.07, 6.45) is 0.403. The van der Waals surface area contributed by atoms with Gasteiger partial charge in [0.05, 0.1) is 18.1 Å². The van der Waals surface area contributed by atoms with Gasteiger partial charge in [0.25, 0.3) is 0 Å². The van der Waals surface area contributed by atoms with Crippen LogP contribution in [0, 0.1) is 11.8 Å². The van der Waals surface area contributed by atoms with Gasteiger partial charge in [-0.15, -0.1) is 0 Å². The highest BCUT2D eigenvalue weighted by atomic mass is 32.2. The van der Waals surface area contributed by atoms with Crippen LogP contribution in [0.15, 0.2) is 29.2 Å². The van der Waals surface area contributed by atoms with E-state index in [0.29, 0.717) is 26.2 Å². The van der Waals surface area contributed by atoms with Crippen molar-refractivity contribution in [3.63, 3.8) is 0 Å². The number of ether oxygens (including phenoxy) is 1. The van der Waals surface area contributed by atoms with E-state index in [4.69, 9.17) is 9.84 Å². The second-order valence-electron chi connectivity index (χ2n) is 4.32. The summed E-state index contributed by atoms with van der Waals surface area (Å²) in [7, 11) is -1.97. The Hall–Kier alpha value is -1.39. The molecule has 0 saturated heterocycles. The third-order valence-corrected chi connectivity index (χ3v) is 4.66. The molecule has 1 aromatic carbocycles. The van der Waals surface area contributed by atoms with Crippen LogP contribution in [0.1, 0.15) is 18.9 Å². The van der Waals surface area contributed by atoms with Crippen molar-refractivity contribution in [2.75, 3.05) is 33.4 Å². The van der Waals surface area contributed by atoms with Gasteiger partial charge in [-0.05, 0) is 31.2 Å². The highest BCUT2D eigenvalue weighted by Crippen LogP contribution is 2.14. The van der Waals surface area contributed by atoms with Crippen molar-refractivity contribution < 1.29 is 18.3 Å². The topological polar surface area (TPSA) is 66.8 Å². The largest absolute Gasteiger partial charge is 0.395 e. The fraction of sp³-hybridized carbons (Fsp3) is 0.467. The molecule has 0 bridgehead atoms. The lowest BCUT2D eigenvalue weighted by Crippen LogP contribution is -2.30. The molecule has 0 fully saturated rings. The van der Waals surface area contributed by atoms with E-state index in [9.17, 15) is 8.42 Å². The summed E-state index contributed by atoms with van der Waals surface area (Å²) < 4.78 is 31.0. The predicted octanol–water partition coefficient (Wildman–Crippen LogP) is 1.08. The third kappa shape index (κ3) is 5.48. The van der Waals surface area contributed by atoms with E-state index in [2.05, 4.69) is 11.8 Å². The molecule has 0 radical (unpaired) electrons. The molecule has 0 aliphatic carbocycles. The van der Waals surface area contributed by atoms with Gasteiger partial charge in [-0.2, -0.15) is 4.31 Å². The molecular formula is C15H21NO4S. The van der Waals surface area contributed by atoms with Gasteiger partial charge in [0.1, 0.15) is 0 Å². The molecule has 6 heteroatoms. The highest BCUT2D eigenvalue weighted by Gasteiger charge is 2.19. The van der Waals surface area contributed by atoms with Gasteiger partial charge in [0.15, 0.2) is 0 Å². The number of hydrogen-bond acceptors (Lipinski definition) is 4.